The highest BCUT2D eigenvalue weighted by atomic mass is 15.2. The number of fused-ring (bicyclic) bond motifs is 7. The number of para-hydroxylation sites is 5. The van der Waals surface area contributed by atoms with E-state index in [2.05, 4.69) is 215 Å². The minimum atomic E-state index is 0.226. The van der Waals surface area contributed by atoms with Crippen molar-refractivity contribution in [1.82, 2.24) is 14.5 Å². The molecule has 7 aromatic rings. The average molecular weight is 759 g/mol. The van der Waals surface area contributed by atoms with Gasteiger partial charge in [0.2, 0.25) is 0 Å². The molecule has 5 aliphatic rings. The Bertz CT molecular complexity index is 3040. The summed E-state index contributed by atoms with van der Waals surface area (Å²) in [6.07, 6.45) is 26.2. The van der Waals surface area contributed by atoms with E-state index in [4.69, 9.17) is 4.98 Å². The lowest BCUT2D eigenvalue weighted by atomic mass is 9.87. The van der Waals surface area contributed by atoms with Gasteiger partial charge in [-0.2, -0.15) is 0 Å². The van der Waals surface area contributed by atoms with Gasteiger partial charge in [-0.05, 0) is 79.4 Å². The van der Waals surface area contributed by atoms with Crippen LogP contribution < -0.4 is 4.90 Å². The summed E-state index contributed by atoms with van der Waals surface area (Å²) < 4.78 is 2.43. The molecule has 3 aliphatic carbocycles. The van der Waals surface area contributed by atoms with E-state index >= 15 is 0 Å². The molecule has 5 aromatic carbocycles. The number of rotatable bonds is 6. The van der Waals surface area contributed by atoms with E-state index in [-0.39, 0.29) is 17.9 Å². The molecule has 0 amide bonds. The highest BCUT2D eigenvalue weighted by Gasteiger charge is 2.39. The Morgan fingerprint density at radius 3 is 2.27 bits per heavy atom. The summed E-state index contributed by atoms with van der Waals surface area (Å²) in [5.74, 6) is 0.508. The van der Waals surface area contributed by atoms with Crippen molar-refractivity contribution in [3.05, 3.63) is 229 Å². The fraction of sp³-hybridized carbons (Fsp3) is 0.109. The van der Waals surface area contributed by atoms with Crippen LogP contribution in [-0.4, -0.2) is 20.5 Å². The molecule has 3 atom stereocenters. The van der Waals surface area contributed by atoms with Gasteiger partial charge in [-0.3, -0.25) is 0 Å². The van der Waals surface area contributed by atoms with Crippen LogP contribution in [-0.2, 0) is 0 Å². The third-order valence-electron chi connectivity index (χ3n) is 12.8. The zero-order valence-electron chi connectivity index (χ0n) is 32.7. The van der Waals surface area contributed by atoms with E-state index in [1.165, 1.54) is 67.0 Å². The minimum Gasteiger partial charge on any atom is -0.337 e. The Balaban J connectivity index is 1.15. The molecule has 4 nitrogen and oxygen atoms in total. The zero-order chi connectivity index (χ0) is 38.9. The summed E-state index contributed by atoms with van der Waals surface area (Å²) in [6.45, 7) is 0. The van der Waals surface area contributed by atoms with Crippen molar-refractivity contribution in [3.8, 4) is 16.9 Å². The van der Waals surface area contributed by atoms with E-state index in [1.54, 1.807) is 0 Å². The second-order valence-electron chi connectivity index (χ2n) is 16.1. The molecule has 12 rings (SSSR count). The second-order valence-corrected chi connectivity index (χ2v) is 16.1. The van der Waals surface area contributed by atoms with Gasteiger partial charge in [0.25, 0.3) is 0 Å². The quantitative estimate of drug-likeness (QED) is 0.169. The molecule has 282 valence electrons. The lowest BCUT2D eigenvalue weighted by Crippen LogP contribution is -2.32. The summed E-state index contributed by atoms with van der Waals surface area (Å²) >= 11 is 0. The largest absolute Gasteiger partial charge is 0.337 e. The molecule has 0 radical (unpaired) electrons. The standard InChI is InChI=1S/C55H42N4/c1-4-19-39(20-5-1)57-50-31-13-10-18-37(50)36-53(57)38-34-48(46-29-16-27-44-42-25-11-14-32-51(42)58(54(44)46)40-21-6-2-7-22-40)56-49(35-38)47-30-17-28-45-43-26-12-15-33-52(43)59(55(45)47)41-23-8-3-9-24-41/h1-4,6-19,21-27,29-37,45,50H,5,20,28H2. The van der Waals surface area contributed by atoms with Crippen LogP contribution >= 0.6 is 0 Å². The lowest BCUT2D eigenvalue weighted by molar-refractivity contribution is 0.389. The Labute approximate surface area is 345 Å². The smallest absolute Gasteiger partial charge is 0.0737 e. The Hall–Kier alpha value is -7.17. The number of hydrogen-bond acceptors (Lipinski definition) is 3. The van der Waals surface area contributed by atoms with Gasteiger partial charge in [0.05, 0.1) is 28.5 Å². The average Bonchev–Trinajstić information content (AvgIpc) is 3.98. The summed E-state index contributed by atoms with van der Waals surface area (Å²) in [7, 11) is 0. The van der Waals surface area contributed by atoms with Crippen LogP contribution in [0.2, 0.25) is 0 Å². The minimum absolute atomic E-state index is 0.226. The Morgan fingerprint density at radius 1 is 0.644 bits per heavy atom. The maximum atomic E-state index is 5.78. The van der Waals surface area contributed by atoms with E-state index in [0.717, 1.165) is 41.9 Å². The number of aromatic nitrogens is 2. The predicted octanol–water partition coefficient (Wildman–Crippen LogP) is 13.5. The van der Waals surface area contributed by atoms with E-state index in [0.29, 0.717) is 0 Å². The maximum Gasteiger partial charge on any atom is 0.0737 e. The first-order valence-corrected chi connectivity index (χ1v) is 21.0. The number of benzene rings is 5. The summed E-state index contributed by atoms with van der Waals surface area (Å²) in [4.78, 5) is 10.9. The summed E-state index contributed by atoms with van der Waals surface area (Å²) in [6, 6.07) is 51.1. The third kappa shape index (κ3) is 5.40. The molecule has 0 saturated carbocycles. The molecule has 0 spiro atoms. The number of pyridine rings is 1. The van der Waals surface area contributed by atoms with Crippen molar-refractivity contribution in [3.63, 3.8) is 0 Å². The number of allylic oxidation sites excluding steroid dienone is 10. The molecular formula is C55H42N4. The first-order chi connectivity index (χ1) is 29.3. The van der Waals surface area contributed by atoms with Crippen molar-refractivity contribution in [1.29, 1.82) is 0 Å². The monoisotopic (exact) mass is 758 g/mol. The molecule has 0 bridgehead atoms. The SMILES string of the molecule is C1=CCCC(N2C(c3cc(C4=C5C(CC=C4)c4ccccc4N5c4ccccc4)nc(-c4cccc5c6ccccc6n(-c6ccccc6)c45)c3)=CC3C=CC=CC32)=C1. The van der Waals surface area contributed by atoms with Crippen molar-refractivity contribution in [2.75, 3.05) is 4.90 Å². The van der Waals surface area contributed by atoms with Crippen LogP contribution in [0, 0.1) is 5.92 Å². The molecular weight excluding hydrogens is 717 g/mol. The lowest BCUT2D eigenvalue weighted by Gasteiger charge is -2.34. The molecule has 2 aromatic heterocycles. The van der Waals surface area contributed by atoms with Gasteiger partial charge in [-0.15, -0.1) is 0 Å². The Kier molecular flexibility index (Phi) is 7.90. The molecule has 0 fully saturated rings. The molecule has 0 saturated heterocycles. The van der Waals surface area contributed by atoms with Gasteiger partial charge in [0.1, 0.15) is 0 Å². The van der Waals surface area contributed by atoms with Crippen LogP contribution in [0.4, 0.5) is 11.4 Å². The molecule has 59 heavy (non-hydrogen) atoms. The van der Waals surface area contributed by atoms with Crippen molar-refractivity contribution in [2.24, 2.45) is 5.92 Å². The highest BCUT2D eigenvalue weighted by Crippen LogP contribution is 2.54. The normalized spacial score (nSPS) is 20.3. The van der Waals surface area contributed by atoms with Gasteiger partial charge >= 0.3 is 0 Å². The fourth-order valence-electron chi connectivity index (χ4n) is 10.3. The third-order valence-corrected chi connectivity index (χ3v) is 12.8. The number of nitrogens with zero attached hydrogens (tertiary/aromatic N) is 4. The van der Waals surface area contributed by atoms with Crippen LogP contribution in [0.25, 0.3) is 50.0 Å². The van der Waals surface area contributed by atoms with Gasteiger partial charge in [0.15, 0.2) is 0 Å². The molecule has 4 heterocycles. The Morgan fingerprint density at radius 2 is 1.41 bits per heavy atom. The number of anilines is 2. The van der Waals surface area contributed by atoms with Crippen molar-refractivity contribution in [2.45, 2.75) is 31.2 Å². The fourth-order valence-corrected chi connectivity index (χ4v) is 10.3. The van der Waals surface area contributed by atoms with Gasteiger partial charge in [-0.25, -0.2) is 4.98 Å². The van der Waals surface area contributed by atoms with Crippen LogP contribution in [0.3, 0.4) is 0 Å². The topological polar surface area (TPSA) is 24.3 Å². The van der Waals surface area contributed by atoms with Crippen molar-refractivity contribution >= 4 is 44.5 Å². The molecule has 4 heteroatoms. The number of hydrogen-bond donors (Lipinski definition) is 0. The zero-order valence-corrected chi connectivity index (χ0v) is 32.7. The second kappa shape index (κ2) is 13.7. The highest BCUT2D eigenvalue weighted by molar-refractivity contribution is 6.13. The van der Waals surface area contributed by atoms with Gasteiger partial charge in [-0.1, -0.05) is 146 Å². The van der Waals surface area contributed by atoms with Crippen molar-refractivity contribution < 1.29 is 0 Å². The molecule has 2 aliphatic heterocycles. The van der Waals surface area contributed by atoms with Gasteiger partial charge < -0.3 is 14.4 Å². The summed E-state index contributed by atoms with van der Waals surface area (Å²) in [5, 5.41) is 2.46. The first kappa shape index (κ1) is 33.9. The maximum absolute atomic E-state index is 5.78. The molecule has 3 unspecified atom stereocenters. The van der Waals surface area contributed by atoms with Crippen LogP contribution in [0.5, 0.6) is 0 Å². The van der Waals surface area contributed by atoms with E-state index in [9.17, 15) is 0 Å². The molecule has 0 N–H and O–H groups in total. The van der Waals surface area contributed by atoms with Gasteiger partial charge in [0, 0.05) is 73.5 Å². The van der Waals surface area contributed by atoms with Crippen LogP contribution in [0.15, 0.2) is 212 Å². The predicted molar refractivity (Wildman–Crippen MR) is 244 cm³/mol. The van der Waals surface area contributed by atoms with E-state index in [1.807, 2.05) is 0 Å². The van der Waals surface area contributed by atoms with E-state index < -0.39 is 0 Å². The first-order valence-electron chi connectivity index (χ1n) is 21.0. The van der Waals surface area contributed by atoms with Crippen LogP contribution in [0.1, 0.15) is 42.0 Å². The summed E-state index contributed by atoms with van der Waals surface area (Å²) in [5.41, 5.74) is 16.6.